The van der Waals surface area contributed by atoms with Crippen LogP contribution in [0, 0.1) is 5.82 Å². The van der Waals surface area contributed by atoms with Crippen molar-refractivity contribution in [1.82, 2.24) is 10.2 Å². The number of carboxylic acid groups (broad SMARTS) is 1. The zero-order valence-corrected chi connectivity index (χ0v) is 27.5. The Kier molecular flexibility index (Phi) is 11.9. The second-order valence-corrected chi connectivity index (χ2v) is 12.7. The number of hydrogen-bond acceptors (Lipinski definition) is 7. The number of hydrogen-bond donors (Lipinski definition) is 2. The van der Waals surface area contributed by atoms with E-state index >= 15 is 4.39 Å². The van der Waals surface area contributed by atoms with E-state index in [1.165, 1.54) is 12.1 Å². The molecule has 1 unspecified atom stereocenters. The fourth-order valence-electron chi connectivity index (χ4n) is 5.10. The van der Waals surface area contributed by atoms with Gasteiger partial charge >= 0.3 is 5.97 Å². The molecule has 8 nitrogen and oxygen atoms in total. The van der Waals surface area contributed by atoms with Gasteiger partial charge in [-0.15, -0.1) is 0 Å². The highest BCUT2D eigenvalue weighted by Crippen LogP contribution is 2.36. The van der Waals surface area contributed by atoms with E-state index in [1.807, 2.05) is 37.8 Å². The first-order chi connectivity index (χ1) is 21.6. The molecule has 1 saturated heterocycles. The Balaban J connectivity index is 1.48. The minimum atomic E-state index is -1.04. The summed E-state index contributed by atoms with van der Waals surface area (Å²) in [6, 6.07) is 9.67. The highest BCUT2D eigenvalue weighted by atomic mass is 32.2. The van der Waals surface area contributed by atoms with E-state index in [0.717, 1.165) is 42.4 Å². The summed E-state index contributed by atoms with van der Waals surface area (Å²) < 4.78 is 21.3. The fourth-order valence-corrected chi connectivity index (χ4v) is 6.00. The second kappa shape index (κ2) is 15.8. The van der Waals surface area contributed by atoms with E-state index in [2.05, 4.69) is 40.9 Å². The SMILES string of the molecule is CCC(C)N1CC(c2ccc(OC/C=C/C(=C\C=C(/C)N3CCSCC3)C(=O)NC(C)C)cc2F)=Nc2cc(C(=O)O)ccc21. The molecule has 4 rings (SSSR count). The Morgan fingerprint density at radius 3 is 2.56 bits per heavy atom. The average molecular weight is 635 g/mol. The third-order valence-corrected chi connectivity index (χ3v) is 8.76. The molecular formula is C35H43FN4O4S. The van der Waals surface area contributed by atoms with Gasteiger partial charge in [-0.3, -0.25) is 4.79 Å². The lowest BCUT2D eigenvalue weighted by molar-refractivity contribution is -0.117. The molecule has 1 amide bonds. The Bertz CT molecular complexity index is 1510. The largest absolute Gasteiger partial charge is 0.489 e. The molecule has 2 aliphatic rings. The van der Waals surface area contributed by atoms with Crippen LogP contribution in [0.1, 0.15) is 57.0 Å². The fraction of sp³-hybridized carbons (Fsp3) is 0.400. The monoisotopic (exact) mass is 634 g/mol. The van der Waals surface area contributed by atoms with E-state index in [9.17, 15) is 14.7 Å². The van der Waals surface area contributed by atoms with Crippen molar-refractivity contribution in [1.29, 1.82) is 0 Å². The molecule has 0 radical (unpaired) electrons. The predicted octanol–water partition coefficient (Wildman–Crippen LogP) is 6.60. The van der Waals surface area contributed by atoms with Crippen molar-refractivity contribution in [2.45, 2.75) is 53.1 Å². The van der Waals surface area contributed by atoms with E-state index in [-0.39, 0.29) is 30.2 Å². The number of amides is 1. The van der Waals surface area contributed by atoms with Gasteiger partial charge in [0.2, 0.25) is 0 Å². The number of thioether (sulfide) groups is 1. The van der Waals surface area contributed by atoms with Gasteiger partial charge in [-0.25, -0.2) is 14.2 Å². The molecule has 2 aromatic rings. The number of aliphatic imine (C=N–C) groups is 1. The Morgan fingerprint density at radius 2 is 1.89 bits per heavy atom. The molecular weight excluding hydrogens is 591 g/mol. The van der Waals surface area contributed by atoms with Gasteiger partial charge in [0, 0.05) is 59.6 Å². The molecule has 2 aromatic carbocycles. The van der Waals surface area contributed by atoms with Crippen molar-refractivity contribution in [3.05, 3.63) is 88.9 Å². The van der Waals surface area contributed by atoms with Crippen LogP contribution in [0.5, 0.6) is 5.75 Å². The standard InChI is InChI=1S/C35H43FN4O4S/c1-6-24(4)40-22-32(38-31-20-27(35(42)43)11-14-33(31)40)29-13-12-28(21-30(29)36)44-17-7-8-26(34(41)37-23(2)3)10-9-25(5)39-15-18-45-19-16-39/h7-14,20-21,23-24H,6,15-19,22H2,1-5H3,(H,37,41)(H,42,43)/b8-7+,25-9+,26-10+. The zero-order valence-electron chi connectivity index (χ0n) is 26.7. The summed E-state index contributed by atoms with van der Waals surface area (Å²) in [6.07, 6.45) is 8.12. The molecule has 2 heterocycles. The minimum Gasteiger partial charge on any atom is -0.489 e. The molecule has 240 valence electrons. The number of nitrogens with one attached hydrogen (secondary N) is 1. The number of carbonyl (C=O) groups excluding carboxylic acids is 1. The molecule has 2 aliphatic heterocycles. The van der Waals surface area contributed by atoms with Gasteiger partial charge in [-0.1, -0.05) is 13.0 Å². The lowest BCUT2D eigenvalue weighted by atomic mass is 10.0. The molecule has 0 aliphatic carbocycles. The average Bonchev–Trinajstić information content (AvgIpc) is 3.03. The van der Waals surface area contributed by atoms with Gasteiger partial charge in [0.15, 0.2) is 0 Å². The van der Waals surface area contributed by atoms with Crippen LogP contribution in [0.3, 0.4) is 0 Å². The first kappa shape index (κ1) is 33.8. The van der Waals surface area contributed by atoms with Crippen LogP contribution in [0.4, 0.5) is 15.8 Å². The summed E-state index contributed by atoms with van der Waals surface area (Å²) in [5, 5.41) is 12.4. The number of halogens is 1. The number of rotatable bonds is 12. The summed E-state index contributed by atoms with van der Waals surface area (Å²) in [7, 11) is 0. The van der Waals surface area contributed by atoms with Crippen molar-refractivity contribution < 1.29 is 23.8 Å². The molecule has 10 heteroatoms. The molecule has 45 heavy (non-hydrogen) atoms. The van der Waals surface area contributed by atoms with Gasteiger partial charge < -0.3 is 25.0 Å². The quantitative estimate of drug-likeness (QED) is 0.201. The summed E-state index contributed by atoms with van der Waals surface area (Å²) in [6.45, 7) is 12.6. The summed E-state index contributed by atoms with van der Waals surface area (Å²) in [5.74, 6) is 0.850. The molecule has 2 N–H and O–H groups in total. The highest BCUT2D eigenvalue weighted by molar-refractivity contribution is 7.99. The zero-order chi connectivity index (χ0) is 32.5. The van der Waals surface area contributed by atoms with Gasteiger partial charge in [0.25, 0.3) is 5.91 Å². The molecule has 1 atom stereocenters. The second-order valence-electron chi connectivity index (χ2n) is 11.5. The van der Waals surface area contributed by atoms with Crippen molar-refractivity contribution in [2.24, 2.45) is 4.99 Å². The van der Waals surface area contributed by atoms with Crippen LogP contribution in [-0.4, -0.2) is 77.4 Å². The molecule has 0 saturated carbocycles. The van der Waals surface area contributed by atoms with Gasteiger partial charge in [-0.2, -0.15) is 11.8 Å². The lowest BCUT2D eigenvalue weighted by Gasteiger charge is -2.35. The number of anilines is 1. The highest BCUT2D eigenvalue weighted by Gasteiger charge is 2.26. The third-order valence-electron chi connectivity index (χ3n) is 7.82. The number of ether oxygens (including phenoxy) is 1. The van der Waals surface area contributed by atoms with Crippen molar-refractivity contribution in [3.63, 3.8) is 0 Å². The smallest absolute Gasteiger partial charge is 0.335 e. The van der Waals surface area contributed by atoms with Crippen LogP contribution in [0.15, 0.2) is 77.0 Å². The van der Waals surface area contributed by atoms with Crippen molar-refractivity contribution in [2.75, 3.05) is 42.6 Å². The first-order valence-electron chi connectivity index (χ1n) is 15.4. The van der Waals surface area contributed by atoms with Gasteiger partial charge in [0.1, 0.15) is 18.2 Å². The van der Waals surface area contributed by atoms with Crippen LogP contribution >= 0.6 is 11.8 Å². The molecule has 0 bridgehead atoms. The Morgan fingerprint density at radius 1 is 1.13 bits per heavy atom. The van der Waals surface area contributed by atoms with Crippen LogP contribution in [0.25, 0.3) is 0 Å². The maximum atomic E-state index is 15.5. The topological polar surface area (TPSA) is 94.5 Å². The summed E-state index contributed by atoms with van der Waals surface area (Å²) in [4.78, 5) is 33.5. The maximum Gasteiger partial charge on any atom is 0.335 e. The number of aromatic carboxylic acids is 1. The van der Waals surface area contributed by atoms with Crippen LogP contribution in [0.2, 0.25) is 0 Å². The number of carboxylic acids is 1. The number of fused-ring (bicyclic) bond motifs is 1. The first-order valence-corrected chi connectivity index (χ1v) is 16.6. The summed E-state index contributed by atoms with van der Waals surface area (Å²) >= 11 is 1.95. The predicted molar refractivity (Wildman–Crippen MR) is 182 cm³/mol. The molecule has 0 aromatic heterocycles. The van der Waals surface area contributed by atoms with E-state index in [4.69, 9.17) is 4.74 Å². The summed E-state index contributed by atoms with van der Waals surface area (Å²) in [5.41, 5.74) is 3.95. The van der Waals surface area contributed by atoms with E-state index in [0.29, 0.717) is 34.8 Å². The molecule has 0 spiro atoms. The van der Waals surface area contributed by atoms with Gasteiger partial charge in [-0.05, 0) is 82.7 Å². The lowest BCUT2D eigenvalue weighted by Crippen LogP contribution is -2.39. The minimum absolute atomic E-state index is 0.00466. The Hall–Kier alpha value is -4.05. The normalized spacial score (nSPS) is 16.5. The van der Waals surface area contributed by atoms with E-state index in [1.54, 1.807) is 36.4 Å². The third kappa shape index (κ3) is 9.00. The number of benzene rings is 2. The van der Waals surface area contributed by atoms with Crippen molar-refractivity contribution in [3.8, 4) is 5.75 Å². The van der Waals surface area contributed by atoms with Crippen molar-refractivity contribution >= 4 is 40.7 Å². The number of carbonyl (C=O) groups is 2. The van der Waals surface area contributed by atoms with Crippen LogP contribution < -0.4 is 15.0 Å². The number of allylic oxidation sites excluding steroid dienone is 3. The molecule has 1 fully saturated rings. The number of nitrogens with zero attached hydrogens (tertiary/aromatic N) is 3. The van der Waals surface area contributed by atoms with Gasteiger partial charge in [0.05, 0.1) is 29.2 Å². The van der Waals surface area contributed by atoms with E-state index < -0.39 is 11.8 Å². The Labute approximate surface area is 269 Å². The maximum absolute atomic E-state index is 15.5. The van der Waals surface area contributed by atoms with Crippen LogP contribution in [-0.2, 0) is 4.79 Å².